The van der Waals surface area contributed by atoms with Crippen LogP contribution < -0.4 is 0 Å². The van der Waals surface area contributed by atoms with Crippen LogP contribution in [0.4, 0.5) is 0 Å². The maximum absolute atomic E-state index is 9.38. The van der Waals surface area contributed by atoms with Crippen LogP contribution in [0.25, 0.3) is 0 Å². The molecule has 0 spiro atoms. The van der Waals surface area contributed by atoms with E-state index in [1.807, 2.05) is 6.92 Å². The van der Waals surface area contributed by atoms with Crippen molar-refractivity contribution in [2.75, 3.05) is 7.11 Å². The molecule has 62 valence electrons. The average Bonchev–Trinajstić information content (AvgIpc) is 1.91. The Hall–Kier alpha value is -0.0800. The van der Waals surface area contributed by atoms with Crippen molar-refractivity contribution in [2.45, 2.75) is 45.3 Å². The van der Waals surface area contributed by atoms with E-state index in [4.69, 9.17) is 4.74 Å². The highest BCUT2D eigenvalue weighted by Gasteiger charge is 2.14. The van der Waals surface area contributed by atoms with Gasteiger partial charge in [-0.15, -0.1) is 0 Å². The third-order valence-electron chi connectivity index (χ3n) is 1.72. The molecular weight excluding hydrogens is 128 g/mol. The van der Waals surface area contributed by atoms with E-state index in [-0.39, 0.29) is 12.2 Å². The van der Waals surface area contributed by atoms with Crippen LogP contribution in [-0.4, -0.2) is 24.4 Å². The van der Waals surface area contributed by atoms with Crippen LogP contribution in [0.3, 0.4) is 0 Å². The van der Waals surface area contributed by atoms with Crippen molar-refractivity contribution in [3.63, 3.8) is 0 Å². The van der Waals surface area contributed by atoms with E-state index in [1.54, 1.807) is 7.11 Å². The fraction of sp³-hybridized carbons (Fsp3) is 1.00. The molecule has 0 aliphatic heterocycles. The number of methoxy groups -OCH3 is 1. The molecular formula is C8H18O2. The Morgan fingerprint density at radius 3 is 2.30 bits per heavy atom. The topological polar surface area (TPSA) is 29.5 Å². The monoisotopic (exact) mass is 146 g/mol. The third kappa shape index (κ3) is 3.18. The van der Waals surface area contributed by atoms with E-state index in [1.165, 1.54) is 0 Å². The predicted molar refractivity (Wildman–Crippen MR) is 42.0 cm³/mol. The first-order valence-corrected chi connectivity index (χ1v) is 3.97. The van der Waals surface area contributed by atoms with Gasteiger partial charge in [-0.25, -0.2) is 0 Å². The van der Waals surface area contributed by atoms with Crippen molar-refractivity contribution in [1.29, 1.82) is 0 Å². The van der Waals surface area contributed by atoms with E-state index in [9.17, 15) is 5.11 Å². The fourth-order valence-electron chi connectivity index (χ4n) is 1.08. The van der Waals surface area contributed by atoms with E-state index < -0.39 is 0 Å². The summed E-state index contributed by atoms with van der Waals surface area (Å²) in [5.41, 5.74) is 0. The molecule has 0 saturated carbocycles. The van der Waals surface area contributed by atoms with Gasteiger partial charge in [0.05, 0.1) is 12.2 Å². The standard InChI is InChI=1S/C8H18O2/c1-4-6-7(9)8(5-2)10-3/h7-9H,4-6H2,1-3H3. The van der Waals surface area contributed by atoms with Crippen LogP contribution in [0, 0.1) is 0 Å². The highest BCUT2D eigenvalue weighted by atomic mass is 16.5. The zero-order valence-corrected chi connectivity index (χ0v) is 7.13. The molecule has 0 aromatic heterocycles. The highest BCUT2D eigenvalue weighted by Crippen LogP contribution is 2.07. The Balaban J connectivity index is 3.53. The summed E-state index contributed by atoms with van der Waals surface area (Å²) in [6.07, 6.45) is 2.49. The van der Waals surface area contributed by atoms with Crippen molar-refractivity contribution in [3.05, 3.63) is 0 Å². The average molecular weight is 146 g/mol. The Bertz CT molecular complexity index is 69.7. The summed E-state index contributed by atoms with van der Waals surface area (Å²) in [4.78, 5) is 0. The second-order valence-corrected chi connectivity index (χ2v) is 2.54. The molecule has 0 aromatic carbocycles. The Morgan fingerprint density at radius 1 is 1.40 bits per heavy atom. The third-order valence-corrected chi connectivity index (χ3v) is 1.72. The van der Waals surface area contributed by atoms with Crippen LogP contribution in [-0.2, 0) is 4.74 Å². The largest absolute Gasteiger partial charge is 0.390 e. The SMILES string of the molecule is CCCC(O)C(CC)OC. The molecule has 0 heterocycles. The minimum absolute atomic E-state index is 0.0277. The zero-order valence-electron chi connectivity index (χ0n) is 7.13. The van der Waals surface area contributed by atoms with Gasteiger partial charge >= 0.3 is 0 Å². The first-order chi connectivity index (χ1) is 4.76. The minimum atomic E-state index is -0.278. The van der Waals surface area contributed by atoms with Gasteiger partial charge in [-0.2, -0.15) is 0 Å². The minimum Gasteiger partial charge on any atom is -0.390 e. The van der Waals surface area contributed by atoms with E-state index >= 15 is 0 Å². The smallest absolute Gasteiger partial charge is 0.0827 e. The molecule has 0 bridgehead atoms. The fourth-order valence-corrected chi connectivity index (χ4v) is 1.08. The van der Waals surface area contributed by atoms with Crippen LogP contribution in [0.2, 0.25) is 0 Å². The molecule has 0 radical (unpaired) electrons. The van der Waals surface area contributed by atoms with Gasteiger partial charge in [0.2, 0.25) is 0 Å². The molecule has 0 aliphatic rings. The Labute approximate surface area is 63.2 Å². The molecule has 2 atom stereocenters. The second-order valence-electron chi connectivity index (χ2n) is 2.54. The van der Waals surface area contributed by atoms with Gasteiger partial charge in [0.15, 0.2) is 0 Å². The number of aliphatic hydroxyl groups is 1. The molecule has 2 heteroatoms. The predicted octanol–water partition coefficient (Wildman–Crippen LogP) is 1.57. The van der Waals surface area contributed by atoms with E-state index in [2.05, 4.69) is 6.92 Å². The number of hydrogen-bond acceptors (Lipinski definition) is 2. The van der Waals surface area contributed by atoms with Gasteiger partial charge in [-0.1, -0.05) is 20.3 Å². The lowest BCUT2D eigenvalue weighted by Crippen LogP contribution is -2.26. The van der Waals surface area contributed by atoms with Gasteiger partial charge in [0.25, 0.3) is 0 Å². The van der Waals surface area contributed by atoms with Crippen molar-refractivity contribution in [2.24, 2.45) is 0 Å². The summed E-state index contributed by atoms with van der Waals surface area (Å²) in [5.74, 6) is 0. The summed E-state index contributed by atoms with van der Waals surface area (Å²) in [7, 11) is 1.65. The normalized spacial score (nSPS) is 16.8. The van der Waals surface area contributed by atoms with Crippen molar-refractivity contribution in [1.82, 2.24) is 0 Å². The molecule has 10 heavy (non-hydrogen) atoms. The Kier molecular flexibility index (Phi) is 5.64. The highest BCUT2D eigenvalue weighted by molar-refractivity contribution is 4.65. The number of hydrogen-bond donors (Lipinski definition) is 1. The van der Waals surface area contributed by atoms with Gasteiger partial charge < -0.3 is 9.84 Å². The van der Waals surface area contributed by atoms with Crippen LogP contribution in [0.1, 0.15) is 33.1 Å². The molecule has 0 saturated heterocycles. The maximum atomic E-state index is 9.38. The summed E-state index contributed by atoms with van der Waals surface area (Å²) >= 11 is 0. The van der Waals surface area contributed by atoms with Gasteiger partial charge in [0, 0.05) is 7.11 Å². The molecule has 0 aromatic rings. The second kappa shape index (κ2) is 5.69. The summed E-state index contributed by atoms with van der Waals surface area (Å²) in [6.45, 7) is 4.08. The van der Waals surface area contributed by atoms with E-state index in [0.29, 0.717) is 0 Å². The van der Waals surface area contributed by atoms with Crippen LogP contribution >= 0.6 is 0 Å². The number of aliphatic hydroxyl groups excluding tert-OH is 1. The molecule has 0 rings (SSSR count). The van der Waals surface area contributed by atoms with E-state index in [0.717, 1.165) is 19.3 Å². The number of ether oxygens (including phenoxy) is 1. The lowest BCUT2D eigenvalue weighted by Gasteiger charge is -2.18. The van der Waals surface area contributed by atoms with Crippen molar-refractivity contribution >= 4 is 0 Å². The number of rotatable bonds is 5. The Morgan fingerprint density at radius 2 is 2.00 bits per heavy atom. The van der Waals surface area contributed by atoms with Crippen LogP contribution in [0.5, 0.6) is 0 Å². The molecule has 2 nitrogen and oxygen atoms in total. The lowest BCUT2D eigenvalue weighted by molar-refractivity contribution is -0.0174. The quantitative estimate of drug-likeness (QED) is 0.638. The summed E-state index contributed by atoms with van der Waals surface area (Å²) < 4.78 is 5.06. The molecule has 0 aliphatic carbocycles. The first kappa shape index (κ1) is 9.92. The molecule has 1 N–H and O–H groups in total. The van der Waals surface area contributed by atoms with Crippen LogP contribution in [0.15, 0.2) is 0 Å². The first-order valence-electron chi connectivity index (χ1n) is 3.97. The van der Waals surface area contributed by atoms with Gasteiger partial charge in [-0.05, 0) is 12.8 Å². The van der Waals surface area contributed by atoms with Gasteiger partial charge in [0.1, 0.15) is 0 Å². The van der Waals surface area contributed by atoms with Crippen molar-refractivity contribution in [3.8, 4) is 0 Å². The molecule has 0 amide bonds. The summed E-state index contributed by atoms with van der Waals surface area (Å²) in [6, 6.07) is 0. The summed E-state index contributed by atoms with van der Waals surface area (Å²) in [5, 5.41) is 9.38. The molecule has 2 unspecified atom stereocenters. The maximum Gasteiger partial charge on any atom is 0.0827 e. The lowest BCUT2D eigenvalue weighted by atomic mass is 10.1. The zero-order chi connectivity index (χ0) is 7.98. The van der Waals surface area contributed by atoms with Crippen molar-refractivity contribution < 1.29 is 9.84 Å². The van der Waals surface area contributed by atoms with Gasteiger partial charge in [-0.3, -0.25) is 0 Å². The molecule has 0 fully saturated rings.